The molecule has 1 atom stereocenters. The van der Waals surface area contributed by atoms with Crippen LogP contribution in [0.2, 0.25) is 0 Å². The summed E-state index contributed by atoms with van der Waals surface area (Å²) in [6.07, 6.45) is 3.64. The van der Waals surface area contributed by atoms with Crippen LogP contribution >= 0.6 is 22.6 Å². The third-order valence-electron chi connectivity index (χ3n) is 1.67. The molecule has 0 radical (unpaired) electrons. The second-order valence-corrected chi connectivity index (χ2v) is 4.05. The number of esters is 1. The largest absolute Gasteiger partial charge is 0.469 e. The summed E-state index contributed by atoms with van der Waals surface area (Å²) < 4.78 is 7.41. The van der Waals surface area contributed by atoms with E-state index < -0.39 is 0 Å². The van der Waals surface area contributed by atoms with E-state index in [4.69, 9.17) is 0 Å². The molecule has 1 unspecified atom stereocenters. The number of halogens is 1. The first kappa shape index (κ1) is 10.5. The average molecular weight is 294 g/mol. The van der Waals surface area contributed by atoms with Crippen LogP contribution in [0.4, 0.5) is 0 Å². The van der Waals surface area contributed by atoms with Crippen LogP contribution in [0.25, 0.3) is 0 Å². The van der Waals surface area contributed by atoms with E-state index in [1.165, 1.54) is 7.11 Å². The minimum absolute atomic E-state index is 0.152. The Morgan fingerprint density at radius 2 is 2.54 bits per heavy atom. The third kappa shape index (κ3) is 2.98. The summed E-state index contributed by atoms with van der Waals surface area (Å²) in [6.45, 7) is 2.38. The van der Waals surface area contributed by atoms with Crippen molar-refractivity contribution in [3.8, 4) is 0 Å². The number of carbonyl (C=O) groups is 1. The summed E-state index contributed by atoms with van der Waals surface area (Å²) in [5.74, 6) is -0.355. The lowest BCUT2D eigenvalue weighted by atomic mass is 10.2. The number of carbonyl (C=O) groups excluding carboxylic acids is 1. The summed E-state index contributed by atoms with van der Waals surface area (Å²) in [5, 5.41) is 4.07. The van der Waals surface area contributed by atoms with Gasteiger partial charge in [-0.1, -0.05) is 6.92 Å². The molecule has 0 saturated carbocycles. The summed E-state index contributed by atoms with van der Waals surface area (Å²) in [7, 11) is 1.39. The predicted molar refractivity (Wildman–Crippen MR) is 56.1 cm³/mol. The van der Waals surface area contributed by atoms with Gasteiger partial charge in [0.15, 0.2) is 0 Å². The molecule has 72 valence electrons. The van der Waals surface area contributed by atoms with Crippen molar-refractivity contribution in [1.82, 2.24) is 9.78 Å². The number of nitrogens with zero attached hydrogens (tertiary/aromatic N) is 2. The Kier molecular flexibility index (Phi) is 3.71. The first-order valence-electron chi connectivity index (χ1n) is 3.89. The zero-order valence-corrected chi connectivity index (χ0v) is 9.69. The van der Waals surface area contributed by atoms with Crippen molar-refractivity contribution < 1.29 is 9.53 Å². The van der Waals surface area contributed by atoms with E-state index in [2.05, 4.69) is 32.4 Å². The molecular weight excluding hydrogens is 283 g/mol. The highest BCUT2D eigenvalue weighted by Gasteiger charge is 2.13. The number of rotatable bonds is 3. The van der Waals surface area contributed by atoms with Crippen LogP contribution in [0.15, 0.2) is 12.4 Å². The molecule has 0 aromatic carbocycles. The van der Waals surface area contributed by atoms with Gasteiger partial charge in [0.25, 0.3) is 0 Å². The van der Waals surface area contributed by atoms with Crippen LogP contribution in [0.3, 0.4) is 0 Å². The summed E-state index contributed by atoms with van der Waals surface area (Å²) >= 11 is 2.17. The molecule has 1 heterocycles. The van der Waals surface area contributed by atoms with Gasteiger partial charge in [-0.2, -0.15) is 5.10 Å². The fourth-order valence-corrected chi connectivity index (χ4v) is 1.44. The molecule has 13 heavy (non-hydrogen) atoms. The Balaban J connectivity index is 2.54. The van der Waals surface area contributed by atoms with Crippen LogP contribution in [-0.4, -0.2) is 22.9 Å². The molecule has 0 aliphatic carbocycles. The van der Waals surface area contributed by atoms with Gasteiger partial charge < -0.3 is 4.74 Å². The van der Waals surface area contributed by atoms with Gasteiger partial charge in [0, 0.05) is 6.20 Å². The highest BCUT2D eigenvalue weighted by atomic mass is 127. The standard InChI is InChI=1S/C8H11IN2O2/c1-6(8(12)13-2)4-11-5-7(9)3-10-11/h3,5-6H,4H2,1-2H3. The molecule has 0 amide bonds. The van der Waals surface area contributed by atoms with Crippen LogP contribution in [-0.2, 0) is 16.1 Å². The highest BCUT2D eigenvalue weighted by Crippen LogP contribution is 2.05. The van der Waals surface area contributed by atoms with Gasteiger partial charge in [-0.3, -0.25) is 9.48 Å². The van der Waals surface area contributed by atoms with Crippen molar-refractivity contribution in [2.24, 2.45) is 5.92 Å². The summed E-state index contributed by atoms with van der Waals surface area (Å²) in [6, 6.07) is 0. The summed E-state index contributed by atoms with van der Waals surface area (Å²) in [4.78, 5) is 11.1. The molecule has 1 aromatic rings. The van der Waals surface area contributed by atoms with Crippen molar-refractivity contribution >= 4 is 28.6 Å². The molecule has 0 saturated heterocycles. The Hall–Kier alpha value is -0.590. The van der Waals surface area contributed by atoms with E-state index in [1.54, 1.807) is 10.9 Å². The fourth-order valence-electron chi connectivity index (χ4n) is 0.994. The monoisotopic (exact) mass is 294 g/mol. The van der Waals surface area contributed by atoms with E-state index >= 15 is 0 Å². The number of hydrogen-bond acceptors (Lipinski definition) is 3. The minimum Gasteiger partial charge on any atom is -0.469 e. The Morgan fingerprint density at radius 3 is 3.00 bits per heavy atom. The van der Waals surface area contributed by atoms with Crippen LogP contribution in [0, 0.1) is 9.49 Å². The maximum Gasteiger partial charge on any atom is 0.310 e. The Labute approximate surface area is 90.4 Å². The van der Waals surface area contributed by atoms with Crippen molar-refractivity contribution in [2.75, 3.05) is 7.11 Å². The quantitative estimate of drug-likeness (QED) is 0.623. The second-order valence-electron chi connectivity index (χ2n) is 2.80. The van der Waals surface area contributed by atoms with E-state index in [-0.39, 0.29) is 11.9 Å². The molecule has 0 fully saturated rings. The topological polar surface area (TPSA) is 44.1 Å². The lowest BCUT2D eigenvalue weighted by Gasteiger charge is -2.08. The van der Waals surface area contributed by atoms with Crippen LogP contribution in [0.5, 0.6) is 0 Å². The number of ether oxygens (including phenoxy) is 1. The highest BCUT2D eigenvalue weighted by molar-refractivity contribution is 14.1. The number of methoxy groups -OCH3 is 1. The van der Waals surface area contributed by atoms with Crippen LogP contribution in [0.1, 0.15) is 6.92 Å². The first-order valence-corrected chi connectivity index (χ1v) is 4.97. The molecule has 4 nitrogen and oxygen atoms in total. The maximum absolute atomic E-state index is 11.1. The van der Waals surface area contributed by atoms with Gasteiger partial charge in [0.05, 0.1) is 29.3 Å². The van der Waals surface area contributed by atoms with Gasteiger partial charge in [-0.25, -0.2) is 0 Å². The minimum atomic E-state index is -0.203. The van der Waals surface area contributed by atoms with Gasteiger partial charge in [-0.05, 0) is 22.6 Å². The van der Waals surface area contributed by atoms with Gasteiger partial charge in [0.2, 0.25) is 0 Å². The van der Waals surface area contributed by atoms with Crippen molar-refractivity contribution in [3.05, 3.63) is 16.0 Å². The fraction of sp³-hybridized carbons (Fsp3) is 0.500. The van der Waals surface area contributed by atoms with Crippen molar-refractivity contribution in [1.29, 1.82) is 0 Å². The zero-order valence-electron chi connectivity index (χ0n) is 7.53. The Bertz CT molecular complexity index is 298. The third-order valence-corrected chi connectivity index (χ3v) is 2.22. The van der Waals surface area contributed by atoms with Crippen LogP contribution < -0.4 is 0 Å². The Morgan fingerprint density at radius 1 is 1.85 bits per heavy atom. The van der Waals surface area contributed by atoms with Gasteiger partial charge >= 0.3 is 5.97 Å². The van der Waals surface area contributed by atoms with E-state index in [0.29, 0.717) is 6.54 Å². The van der Waals surface area contributed by atoms with E-state index in [9.17, 15) is 4.79 Å². The molecule has 5 heteroatoms. The SMILES string of the molecule is COC(=O)C(C)Cn1cc(I)cn1. The molecule has 0 spiro atoms. The van der Waals surface area contributed by atoms with Gasteiger partial charge in [0.1, 0.15) is 0 Å². The number of aromatic nitrogens is 2. The molecule has 0 bridgehead atoms. The van der Waals surface area contributed by atoms with Gasteiger partial charge in [-0.15, -0.1) is 0 Å². The lowest BCUT2D eigenvalue weighted by Crippen LogP contribution is -2.18. The molecule has 1 rings (SSSR count). The first-order chi connectivity index (χ1) is 6.13. The normalized spacial score (nSPS) is 12.5. The molecule has 0 aliphatic heterocycles. The van der Waals surface area contributed by atoms with Crippen molar-refractivity contribution in [3.63, 3.8) is 0 Å². The van der Waals surface area contributed by atoms with E-state index in [0.717, 1.165) is 3.57 Å². The maximum atomic E-state index is 11.1. The van der Waals surface area contributed by atoms with E-state index in [1.807, 2.05) is 13.1 Å². The second kappa shape index (κ2) is 4.59. The smallest absolute Gasteiger partial charge is 0.310 e. The van der Waals surface area contributed by atoms with Crippen molar-refractivity contribution in [2.45, 2.75) is 13.5 Å². The molecule has 0 aliphatic rings. The number of hydrogen-bond donors (Lipinski definition) is 0. The molecule has 1 aromatic heterocycles. The lowest BCUT2D eigenvalue weighted by molar-refractivity contribution is -0.145. The predicted octanol–water partition coefficient (Wildman–Crippen LogP) is 1.30. The summed E-state index contributed by atoms with van der Waals surface area (Å²) in [5.41, 5.74) is 0. The molecule has 0 N–H and O–H groups in total. The zero-order chi connectivity index (χ0) is 9.84. The molecular formula is C8H11IN2O2. The average Bonchev–Trinajstić information content (AvgIpc) is 2.49.